The number of carbonyl (C=O) groups is 1. The molecule has 1 N–H and O–H groups in total. The van der Waals surface area contributed by atoms with Gasteiger partial charge in [0.25, 0.3) is 5.56 Å². The van der Waals surface area contributed by atoms with Crippen molar-refractivity contribution in [1.29, 1.82) is 0 Å². The standard InChI is InChI=1S/C18H19N3O2S/c1-3-8-19-16(22)11-24-18-20-15-10-13-7-5-4-6-12(13)9-14(15)17(23)21(18)2/h4-7,9-10H,3,8,11H2,1-2H3,(H,19,22). The predicted molar refractivity (Wildman–Crippen MR) is 98.5 cm³/mol. The lowest BCUT2D eigenvalue weighted by Crippen LogP contribution is -2.26. The number of hydrogen-bond donors (Lipinski definition) is 1. The highest BCUT2D eigenvalue weighted by Crippen LogP contribution is 2.22. The molecule has 124 valence electrons. The van der Waals surface area contributed by atoms with E-state index in [0.29, 0.717) is 22.6 Å². The van der Waals surface area contributed by atoms with E-state index in [4.69, 9.17) is 0 Å². The molecule has 0 aliphatic carbocycles. The minimum Gasteiger partial charge on any atom is -0.355 e. The van der Waals surface area contributed by atoms with Crippen molar-refractivity contribution in [2.24, 2.45) is 7.05 Å². The first-order valence-electron chi connectivity index (χ1n) is 7.89. The molecule has 0 saturated carbocycles. The first kappa shape index (κ1) is 16.5. The van der Waals surface area contributed by atoms with Crippen LogP contribution in [0.3, 0.4) is 0 Å². The van der Waals surface area contributed by atoms with Gasteiger partial charge in [0.15, 0.2) is 5.16 Å². The second-order valence-corrected chi connectivity index (χ2v) is 6.56. The quantitative estimate of drug-likeness (QED) is 0.440. The van der Waals surface area contributed by atoms with Crippen LogP contribution in [0.15, 0.2) is 46.3 Å². The number of carbonyl (C=O) groups excluding carboxylic acids is 1. The van der Waals surface area contributed by atoms with Gasteiger partial charge in [0.05, 0.1) is 16.7 Å². The Hall–Kier alpha value is -2.34. The second kappa shape index (κ2) is 7.05. The summed E-state index contributed by atoms with van der Waals surface area (Å²) in [6.45, 7) is 2.67. The van der Waals surface area contributed by atoms with Crippen molar-refractivity contribution in [3.63, 3.8) is 0 Å². The summed E-state index contributed by atoms with van der Waals surface area (Å²) in [5.74, 6) is 0.203. The summed E-state index contributed by atoms with van der Waals surface area (Å²) < 4.78 is 1.51. The lowest BCUT2D eigenvalue weighted by atomic mass is 10.1. The third-order valence-corrected chi connectivity index (χ3v) is 4.84. The van der Waals surface area contributed by atoms with E-state index in [1.165, 1.54) is 16.3 Å². The molecule has 0 bridgehead atoms. The predicted octanol–water partition coefficient (Wildman–Crippen LogP) is 2.71. The minimum atomic E-state index is -0.0952. The van der Waals surface area contributed by atoms with Crippen molar-refractivity contribution >= 4 is 39.3 Å². The molecule has 0 aliphatic heterocycles. The molecule has 1 aromatic heterocycles. The molecule has 1 amide bonds. The molecular formula is C18H19N3O2S. The number of fused-ring (bicyclic) bond motifs is 2. The van der Waals surface area contributed by atoms with E-state index in [-0.39, 0.29) is 17.2 Å². The van der Waals surface area contributed by atoms with E-state index in [1.807, 2.05) is 43.3 Å². The van der Waals surface area contributed by atoms with Crippen molar-refractivity contribution in [2.45, 2.75) is 18.5 Å². The van der Waals surface area contributed by atoms with Crippen LogP contribution in [0.4, 0.5) is 0 Å². The monoisotopic (exact) mass is 341 g/mol. The number of hydrogen-bond acceptors (Lipinski definition) is 4. The highest BCUT2D eigenvalue weighted by atomic mass is 32.2. The molecule has 0 radical (unpaired) electrons. The average Bonchev–Trinajstić information content (AvgIpc) is 2.60. The Balaban J connectivity index is 1.97. The third-order valence-electron chi connectivity index (χ3n) is 3.81. The van der Waals surface area contributed by atoms with Gasteiger partial charge >= 0.3 is 0 Å². The van der Waals surface area contributed by atoms with Gasteiger partial charge in [-0.05, 0) is 29.3 Å². The van der Waals surface area contributed by atoms with Crippen molar-refractivity contribution in [2.75, 3.05) is 12.3 Å². The first-order valence-corrected chi connectivity index (χ1v) is 8.87. The van der Waals surface area contributed by atoms with Crippen LogP contribution in [0.1, 0.15) is 13.3 Å². The molecule has 6 heteroatoms. The molecule has 0 aliphatic rings. The maximum absolute atomic E-state index is 12.6. The van der Waals surface area contributed by atoms with Gasteiger partial charge in [0.2, 0.25) is 5.91 Å². The van der Waals surface area contributed by atoms with Crippen LogP contribution in [0, 0.1) is 0 Å². The van der Waals surface area contributed by atoms with Crippen LogP contribution in [-0.2, 0) is 11.8 Å². The highest BCUT2D eigenvalue weighted by Gasteiger charge is 2.11. The summed E-state index contributed by atoms with van der Waals surface area (Å²) >= 11 is 1.28. The number of rotatable bonds is 5. The Bertz CT molecular complexity index is 966. The summed E-state index contributed by atoms with van der Waals surface area (Å²) in [6, 6.07) is 11.7. The average molecular weight is 341 g/mol. The SMILES string of the molecule is CCCNC(=O)CSc1nc2cc3ccccc3cc2c(=O)n1C. The van der Waals surface area contributed by atoms with Crippen LogP contribution in [0.25, 0.3) is 21.7 Å². The van der Waals surface area contributed by atoms with Crippen LogP contribution in [0.5, 0.6) is 0 Å². The molecule has 2 aromatic carbocycles. The fourth-order valence-corrected chi connectivity index (χ4v) is 3.31. The number of amides is 1. The molecule has 3 aromatic rings. The van der Waals surface area contributed by atoms with Crippen molar-refractivity contribution in [3.05, 3.63) is 46.8 Å². The fourth-order valence-electron chi connectivity index (χ4n) is 2.51. The Morgan fingerprint density at radius 3 is 2.67 bits per heavy atom. The number of nitrogens with one attached hydrogen (secondary N) is 1. The maximum atomic E-state index is 12.6. The van der Waals surface area contributed by atoms with Gasteiger partial charge in [-0.2, -0.15) is 0 Å². The number of benzene rings is 2. The van der Waals surface area contributed by atoms with Crippen molar-refractivity contribution in [3.8, 4) is 0 Å². The van der Waals surface area contributed by atoms with Gasteiger partial charge in [-0.3, -0.25) is 14.2 Å². The van der Waals surface area contributed by atoms with Crippen LogP contribution >= 0.6 is 11.8 Å². The molecule has 0 spiro atoms. The van der Waals surface area contributed by atoms with Crippen LogP contribution < -0.4 is 10.9 Å². The summed E-state index contributed by atoms with van der Waals surface area (Å²) in [5.41, 5.74) is 0.565. The van der Waals surface area contributed by atoms with Gasteiger partial charge in [-0.15, -0.1) is 0 Å². The van der Waals surface area contributed by atoms with Crippen molar-refractivity contribution in [1.82, 2.24) is 14.9 Å². The third kappa shape index (κ3) is 3.28. The first-order chi connectivity index (χ1) is 11.6. The van der Waals surface area contributed by atoms with Gasteiger partial charge < -0.3 is 5.32 Å². The van der Waals surface area contributed by atoms with E-state index in [9.17, 15) is 9.59 Å². The second-order valence-electron chi connectivity index (χ2n) is 5.61. The summed E-state index contributed by atoms with van der Waals surface area (Å²) in [7, 11) is 1.69. The van der Waals surface area contributed by atoms with Gasteiger partial charge in [-0.25, -0.2) is 4.98 Å². The Labute approximate surface area is 144 Å². The lowest BCUT2D eigenvalue weighted by Gasteiger charge is -2.09. The lowest BCUT2D eigenvalue weighted by molar-refractivity contribution is -0.118. The van der Waals surface area contributed by atoms with E-state index in [1.54, 1.807) is 7.05 Å². The number of nitrogens with zero attached hydrogens (tertiary/aromatic N) is 2. The smallest absolute Gasteiger partial charge is 0.261 e. The molecule has 0 saturated heterocycles. The Morgan fingerprint density at radius 2 is 1.96 bits per heavy atom. The van der Waals surface area contributed by atoms with E-state index < -0.39 is 0 Å². The van der Waals surface area contributed by atoms with E-state index in [0.717, 1.165) is 17.2 Å². The maximum Gasteiger partial charge on any atom is 0.261 e. The molecule has 1 heterocycles. The number of aromatic nitrogens is 2. The molecule has 0 fully saturated rings. The topological polar surface area (TPSA) is 64.0 Å². The summed E-state index contributed by atoms with van der Waals surface area (Å²) in [5, 5.41) is 6.03. The highest BCUT2D eigenvalue weighted by molar-refractivity contribution is 7.99. The summed E-state index contributed by atoms with van der Waals surface area (Å²) in [4.78, 5) is 29.0. The van der Waals surface area contributed by atoms with Gasteiger partial charge in [0, 0.05) is 13.6 Å². The fraction of sp³-hybridized carbons (Fsp3) is 0.278. The zero-order valence-corrected chi connectivity index (χ0v) is 14.5. The van der Waals surface area contributed by atoms with Crippen molar-refractivity contribution < 1.29 is 4.79 Å². The number of thioether (sulfide) groups is 1. The van der Waals surface area contributed by atoms with Crippen LogP contribution in [0.2, 0.25) is 0 Å². The molecule has 5 nitrogen and oxygen atoms in total. The van der Waals surface area contributed by atoms with Crippen LogP contribution in [-0.4, -0.2) is 27.8 Å². The minimum absolute atomic E-state index is 0.0466. The van der Waals surface area contributed by atoms with E-state index >= 15 is 0 Å². The van der Waals surface area contributed by atoms with E-state index in [2.05, 4.69) is 10.3 Å². The Morgan fingerprint density at radius 1 is 1.25 bits per heavy atom. The zero-order chi connectivity index (χ0) is 17.1. The zero-order valence-electron chi connectivity index (χ0n) is 13.7. The molecule has 3 rings (SSSR count). The molecule has 0 unspecified atom stereocenters. The normalized spacial score (nSPS) is 11.1. The summed E-state index contributed by atoms with van der Waals surface area (Å²) in [6.07, 6.45) is 0.899. The van der Waals surface area contributed by atoms with Gasteiger partial charge in [-0.1, -0.05) is 43.0 Å². The Kier molecular flexibility index (Phi) is 4.85. The van der Waals surface area contributed by atoms with Gasteiger partial charge in [0.1, 0.15) is 0 Å². The molecular weight excluding hydrogens is 322 g/mol. The largest absolute Gasteiger partial charge is 0.355 e. The molecule has 0 atom stereocenters. The molecule has 24 heavy (non-hydrogen) atoms.